The van der Waals surface area contributed by atoms with E-state index in [1.807, 2.05) is 6.07 Å². The van der Waals surface area contributed by atoms with Crippen LogP contribution in [-0.2, 0) is 17.6 Å². The number of nitrogens with one attached hydrogen (secondary N) is 1. The first kappa shape index (κ1) is 23.6. The molecule has 0 saturated carbocycles. The van der Waals surface area contributed by atoms with Gasteiger partial charge in [0.2, 0.25) is 5.91 Å². The van der Waals surface area contributed by atoms with Crippen LogP contribution in [0.5, 0.6) is 0 Å². The lowest BCUT2D eigenvalue weighted by atomic mass is 9.87. The highest BCUT2D eigenvalue weighted by atomic mass is 19.1. The lowest BCUT2D eigenvalue weighted by molar-refractivity contribution is -0.121. The van der Waals surface area contributed by atoms with Gasteiger partial charge < -0.3 is 14.7 Å². The minimum atomic E-state index is -0.304. The van der Waals surface area contributed by atoms with Crippen molar-refractivity contribution in [1.82, 2.24) is 20.4 Å². The molecule has 1 aliphatic heterocycles. The van der Waals surface area contributed by atoms with Crippen molar-refractivity contribution in [2.75, 3.05) is 18.0 Å². The molecule has 1 N–H and O–H groups in total. The summed E-state index contributed by atoms with van der Waals surface area (Å²) in [5.74, 6) is 1.03. The Morgan fingerprint density at radius 3 is 2.68 bits per heavy atom. The molecule has 1 aliphatic carbocycles. The summed E-state index contributed by atoms with van der Waals surface area (Å²) in [7, 11) is 0. The van der Waals surface area contributed by atoms with E-state index in [0.29, 0.717) is 30.1 Å². The predicted molar refractivity (Wildman–Crippen MR) is 140 cm³/mol. The molecule has 0 unspecified atom stereocenters. The predicted octanol–water partition coefficient (Wildman–Crippen LogP) is 5.54. The minimum Gasteiger partial charge on any atom is -0.356 e. The molecule has 37 heavy (non-hydrogen) atoms. The van der Waals surface area contributed by atoms with Gasteiger partial charge in [-0.2, -0.15) is 4.98 Å². The number of nitrogens with zero attached hydrogens (tertiary/aromatic N) is 4. The molecule has 1 saturated heterocycles. The molecule has 6 rings (SSSR count). The van der Waals surface area contributed by atoms with Gasteiger partial charge in [0.15, 0.2) is 0 Å². The largest absolute Gasteiger partial charge is 0.356 e. The Morgan fingerprint density at radius 2 is 1.84 bits per heavy atom. The highest BCUT2D eigenvalue weighted by molar-refractivity contribution is 5.98. The second kappa shape index (κ2) is 10.3. The molecule has 1 atom stereocenters. The van der Waals surface area contributed by atoms with E-state index in [1.54, 1.807) is 12.1 Å². The number of aryl methyl sites for hydroxylation is 2. The number of piperidine rings is 1. The van der Waals surface area contributed by atoms with Gasteiger partial charge in [0.25, 0.3) is 5.71 Å². The van der Waals surface area contributed by atoms with Crippen LogP contribution in [0.15, 0.2) is 53.1 Å². The van der Waals surface area contributed by atoms with Gasteiger partial charge in [0.05, 0.1) is 6.04 Å². The molecule has 0 radical (unpaired) electrons. The second-order valence-corrected chi connectivity index (χ2v) is 9.94. The Hall–Kier alpha value is -3.81. The number of fused-ring (bicyclic) bond motifs is 2. The van der Waals surface area contributed by atoms with Crippen LogP contribution in [-0.4, -0.2) is 34.1 Å². The van der Waals surface area contributed by atoms with Crippen molar-refractivity contribution in [3.63, 3.8) is 0 Å². The molecule has 2 aliphatic rings. The quantitative estimate of drug-likeness (QED) is 0.375. The highest BCUT2D eigenvalue weighted by Gasteiger charge is 2.25. The van der Waals surface area contributed by atoms with Crippen molar-refractivity contribution < 1.29 is 13.7 Å². The molecule has 1 amide bonds. The number of halogens is 1. The van der Waals surface area contributed by atoms with Crippen molar-refractivity contribution in [1.29, 1.82) is 0 Å². The Kier molecular flexibility index (Phi) is 6.55. The van der Waals surface area contributed by atoms with Crippen LogP contribution in [0.25, 0.3) is 22.4 Å². The SMILES string of the molecule is O=C(CCc1nc(N2CCCCC2)c2c(-c3ccc(F)cc3)noc2n1)N[C@@H]1CCCc2ccccc21. The van der Waals surface area contributed by atoms with Gasteiger partial charge in [-0.15, -0.1) is 0 Å². The number of hydrogen-bond donors (Lipinski definition) is 1. The number of anilines is 1. The van der Waals surface area contributed by atoms with Crippen LogP contribution in [0, 0.1) is 5.82 Å². The number of rotatable bonds is 6. The van der Waals surface area contributed by atoms with Crippen LogP contribution < -0.4 is 10.2 Å². The third-order valence-electron chi connectivity index (χ3n) is 7.42. The monoisotopic (exact) mass is 499 g/mol. The van der Waals surface area contributed by atoms with Gasteiger partial charge in [-0.25, -0.2) is 9.37 Å². The highest BCUT2D eigenvalue weighted by Crippen LogP contribution is 2.35. The van der Waals surface area contributed by atoms with E-state index in [-0.39, 0.29) is 17.8 Å². The molecule has 2 aromatic heterocycles. The zero-order valence-corrected chi connectivity index (χ0v) is 20.8. The van der Waals surface area contributed by atoms with Crippen molar-refractivity contribution in [2.45, 2.75) is 57.4 Å². The van der Waals surface area contributed by atoms with Crippen LogP contribution in [0.3, 0.4) is 0 Å². The van der Waals surface area contributed by atoms with E-state index in [1.165, 1.54) is 29.7 Å². The minimum absolute atomic E-state index is 0.00510. The van der Waals surface area contributed by atoms with Gasteiger partial charge in [-0.3, -0.25) is 4.79 Å². The zero-order valence-electron chi connectivity index (χ0n) is 20.8. The average Bonchev–Trinajstić information content (AvgIpc) is 3.37. The van der Waals surface area contributed by atoms with Gasteiger partial charge in [0.1, 0.15) is 28.5 Å². The van der Waals surface area contributed by atoms with Gasteiger partial charge in [-0.05, 0) is 73.9 Å². The summed E-state index contributed by atoms with van der Waals surface area (Å²) in [5, 5.41) is 8.24. The molecule has 0 spiro atoms. The van der Waals surface area contributed by atoms with Gasteiger partial charge in [-0.1, -0.05) is 29.4 Å². The Balaban J connectivity index is 1.25. The topological polar surface area (TPSA) is 84.2 Å². The number of carbonyl (C=O) groups is 1. The molecular formula is C29H30FN5O2. The van der Waals surface area contributed by atoms with Crippen LogP contribution in [0.1, 0.15) is 61.5 Å². The summed E-state index contributed by atoms with van der Waals surface area (Å²) in [6.45, 7) is 1.78. The van der Waals surface area contributed by atoms with E-state index in [4.69, 9.17) is 9.51 Å². The van der Waals surface area contributed by atoms with Gasteiger partial charge >= 0.3 is 0 Å². The Bertz CT molecular complexity index is 1410. The van der Waals surface area contributed by atoms with E-state index in [0.717, 1.165) is 62.0 Å². The first-order valence-electron chi connectivity index (χ1n) is 13.2. The Labute approximate surface area is 215 Å². The maximum Gasteiger partial charge on any atom is 0.263 e. The molecule has 8 heteroatoms. The number of hydrogen-bond acceptors (Lipinski definition) is 6. The van der Waals surface area contributed by atoms with Crippen molar-refractivity contribution in [3.05, 3.63) is 71.3 Å². The molecule has 7 nitrogen and oxygen atoms in total. The molecule has 1 fully saturated rings. The standard InChI is InChI=1S/C29H30FN5O2/c30-21-13-11-20(12-14-21)27-26-28(35-17-4-1-5-18-35)32-24(33-29(26)37-34-27)15-16-25(36)31-23-10-6-8-19-7-2-3-9-22(19)23/h2-3,7,9,11-14,23H,1,4-6,8,10,15-18H2,(H,31,36)/t23-/m1/s1. The van der Waals surface area contributed by atoms with Crippen LogP contribution >= 0.6 is 0 Å². The lowest BCUT2D eigenvalue weighted by Crippen LogP contribution is -2.31. The Morgan fingerprint density at radius 1 is 1.03 bits per heavy atom. The maximum atomic E-state index is 13.5. The normalized spacial score (nSPS) is 17.5. The third kappa shape index (κ3) is 4.92. The van der Waals surface area contributed by atoms with E-state index in [2.05, 4.69) is 38.6 Å². The summed E-state index contributed by atoms with van der Waals surface area (Å²) >= 11 is 0. The van der Waals surface area contributed by atoms with Crippen LogP contribution in [0.2, 0.25) is 0 Å². The molecule has 4 aromatic rings. The summed E-state index contributed by atoms with van der Waals surface area (Å²) in [4.78, 5) is 24.7. The number of amides is 1. The van der Waals surface area contributed by atoms with Crippen LogP contribution in [0.4, 0.5) is 10.2 Å². The molecular weight excluding hydrogens is 469 g/mol. The van der Waals surface area contributed by atoms with Crippen molar-refractivity contribution in [2.24, 2.45) is 0 Å². The van der Waals surface area contributed by atoms with Crippen molar-refractivity contribution in [3.8, 4) is 11.3 Å². The molecule has 0 bridgehead atoms. The number of aromatic nitrogens is 3. The molecule has 2 aromatic carbocycles. The summed E-state index contributed by atoms with van der Waals surface area (Å²) < 4.78 is 19.2. The number of benzene rings is 2. The van der Waals surface area contributed by atoms with E-state index in [9.17, 15) is 9.18 Å². The summed E-state index contributed by atoms with van der Waals surface area (Å²) in [5.41, 5.74) is 4.30. The summed E-state index contributed by atoms with van der Waals surface area (Å²) in [6, 6.07) is 14.6. The zero-order chi connectivity index (χ0) is 25.2. The van der Waals surface area contributed by atoms with E-state index < -0.39 is 0 Å². The third-order valence-corrected chi connectivity index (χ3v) is 7.42. The first-order valence-corrected chi connectivity index (χ1v) is 13.2. The smallest absolute Gasteiger partial charge is 0.263 e. The maximum absolute atomic E-state index is 13.5. The lowest BCUT2D eigenvalue weighted by Gasteiger charge is -2.28. The van der Waals surface area contributed by atoms with E-state index >= 15 is 0 Å². The molecule has 190 valence electrons. The average molecular weight is 500 g/mol. The second-order valence-electron chi connectivity index (χ2n) is 9.94. The fraction of sp³-hybridized carbons (Fsp3) is 0.379. The fourth-order valence-electron chi connectivity index (χ4n) is 5.53. The van der Waals surface area contributed by atoms with Gasteiger partial charge in [0, 0.05) is 31.5 Å². The number of carbonyl (C=O) groups excluding carboxylic acids is 1. The first-order chi connectivity index (χ1) is 18.2. The summed E-state index contributed by atoms with van der Waals surface area (Å²) in [6.07, 6.45) is 7.15. The van der Waals surface area contributed by atoms with Crippen molar-refractivity contribution >= 4 is 22.8 Å². The fourth-order valence-corrected chi connectivity index (χ4v) is 5.53. The molecule has 3 heterocycles.